The Morgan fingerprint density at radius 2 is 0.862 bits per heavy atom. The van der Waals surface area contributed by atoms with Crippen molar-refractivity contribution in [3.63, 3.8) is 0 Å². The average molecular weight is 460 g/mol. The van der Waals surface area contributed by atoms with Crippen LogP contribution in [0.15, 0.2) is 91.0 Å². The first-order chi connectivity index (χ1) is 14.3. The van der Waals surface area contributed by atoms with Crippen molar-refractivity contribution in [2.75, 3.05) is 0 Å². The third-order valence-electron chi connectivity index (χ3n) is 4.47. The first-order valence-electron chi connectivity index (χ1n) is 8.83. The van der Waals surface area contributed by atoms with Crippen molar-refractivity contribution < 1.29 is 13.1 Å². The van der Waals surface area contributed by atoms with E-state index in [1.165, 1.54) is 0 Å². The van der Waals surface area contributed by atoms with Crippen LogP contribution in [0.3, 0.4) is 0 Å². The van der Waals surface area contributed by atoms with Crippen molar-refractivity contribution in [2.45, 2.75) is 0 Å². The monoisotopic (exact) mass is 459 g/mol. The minimum Gasteiger partial charge on any atom is -0.246 e. The van der Waals surface area contributed by atoms with Crippen LogP contribution in [-0.4, -0.2) is 15.0 Å². The Morgan fingerprint density at radius 3 is 1.34 bits per heavy atom. The van der Waals surface area contributed by atoms with Crippen LogP contribution >= 0.6 is 20.2 Å². The van der Waals surface area contributed by atoms with E-state index >= 15 is 0 Å². The normalized spacial score (nSPS) is 10.7. The maximum Gasteiger partial charge on any atom is 0.0894 e. The molecular weight excluding hydrogens is 445 g/mol. The summed E-state index contributed by atoms with van der Waals surface area (Å²) < 4.78 is 0. The molecule has 0 amide bonds. The second kappa shape index (κ2) is 9.34. The van der Waals surface area contributed by atoms with E-state index in [2.05, 4.69) is 24.3 Å². The molecule has 0 aliphatic rings. The van der Waals surface area contributed by atoms with Gasteiger partial charge in [-0.15, -0.1) is 0 Å². The van der Waals surface area contributed by atoms with Crippen molar-refractivity contribution in [2.24, 2.45) is 0 Å². The molecule has 0 atom stereocenters. The number of nitrogens with zero attached hydrogens (tertiary/aromatic N) is 3. The number of fused-ring (bicyclic) bond motifs is 2. The number of halogens is 2. The maximum absolute atomic E-state index is 4.80. The van der Waals surface area contributed by atoms with Crippen LogP contribution in [0.2, 0.25) is 0 Å². The van der Waals surface area contributed by atoms with E-state index in [0.29, 0.717) is 0 Å². The summed E-state index contributed by atoms with van der Waals surface area (Å²) >= 11 is 0.194. The van der Waals surface area contributed by atoms with Gasteiger partial charge < -0.3 is 0 Å². The van der Waals surface area contributed by atoms with Crippen LogP contribution in [0.1, 0.15) is 0 Å². The van der Waals surface area contributed by atoms with Crippen LogP contribution in [0.25, 0.3) is 44.6 Å². The molecule has 0 bridgehead atoms. The van der Waals surface area contributed by atoms with Gasteiger partial charge in [-0.25, -0.2) is 15.0 Å². The summed E-state index contributed by atoms with van der Waals surface area (Å²) in [6.07, 6.45) is 0. The third-order valence-corrected chi connectivity index (χ3v) is 4.47. The number of pyridine rings is 3. The van der Waals surface area contributed by atoms with Crippen LogP contribution in [0.5, 0.6) is 0 Å². The summed E-state index contributed by atoms with van der Waals surface area (Å²) in [5, 5.41) is 2.26. The van der Waals surface area contributed by atoms with Crippen molar-refractivity contribution in [3.8, 4) is 22.8 Å². The van der Waals surface area contributed by atoms with Crippen LogP contribution < -0.4 is 0 Å². The molecule has 29 heavy (non-hydrogen) atoms. The minimum absolute atomic E-state index is 0.194. The van der Waals surface area contributed by atoms with E-state index < -0.39 is 0 Å². The zero-order valence-corrected chi connectivity index (χ0v) is 17.7. The Balaban J connectivity index is 0.000000645. The molecule has 0 fully saturated rings. The zero-order chi connectivity index (χ0) is 20.1. The summed E-state index contributed by atoms with van der Waals surface area (Å²) in [4.78, 5) is 14.3. The summed E-state index contributed by atoms with van der Waals surface area (Å²) in [7, 11) is 9.53. The molecule has 0 saturated carbocycles. The molecule has 0 spiro atoms. The van der Waals surface area contributed by atoms with E-state index in [0.717, 1.165) is 44.6 Å². The van der Waals surface area contributed by atoms with Gasteiger partial charge in [-0.2, -0.15) is 0 Å². The smallest absolute Gasteiger partial charge is 0.0894 e. The Labute approximate surface area is 183 Å². The maximum atomic E-state index is 4.80. The van der Waals surface area contributed by atoms with Gasteiger partial charge in [0.2, 0.25) is 0 Å². The molecule has 144 valence electrons. The predicted molar refractivity (Wildman–Crippen MR) is 117 cm³/mol. The summed E-state index contributed by atoms with van der Waals surface area (Å²) in [5.41, 5.74) is 5.38. The second-order valence-electron chi connectivity index (χ2n) is 6.24. The van der Waals surface area contributed by atoms with Gasteiger partial charge in [0.05, 0.1) is 33.8 Å². The molecule has 3 heterocycles. The van der Waals surface area contributed by atoms with Crippen molar-refractivity contribution >= 4 is 42.0 Å². The number of benzene rings is 2. The molecule has 0 aliphatic heterocycles. The number of rotatable bonds is 2. The Bertz CT molecular complexity index is 1180. The van der Waals surface area contributed by atoms with Crippen LogP contribution in [-0.2, 0) is 13.1 Å². The fourth-order valence-electron chi connectivity index (χ4n) is 3.14. The average Bonchev–Trinajstić information content (AvgIpc) is 2.79. The van der Waals surface area contributed by atoms with E-state index in [-0.39, 0.29) is 13.1 Å². The second-order valence-corrected chi connectivity index (χ2v) is 8.06. The summed E-state index contributed by atoms with van der Waals surface area (Å²) in [5.74, 6) is 0. The molecular formula is C23H15Cl2FeN3. The molecule has 0 saturated heterocycles. The van der Waals surface area contributed by atoms with E-state index in [4.69, 9.17) is 35.1 Å². The van der Waals surface area contributed by atoms with Crippen molar-refractivity contribution in [3.05, 3.63) is 91.0 Å². The van der Waals surface area contributed by atoms with Crippen LogP contribution in [0, 0.1) is 0 Å². The van der Waals surface area contributed by atoms with Crippen LogP contribution in [0.4, 0.5) is 0 Å². The number of hydrogen-bond donors (Lipinski definition) is 0. The first-order valence-corrected chi connectivity index (χ1v) is 11.9. The fraction of sp³-hybridized carbons (Fsp3) is 0. The molecule has 3 aromatic heterocycles. The van der Waals surface area contributed by atoms with Crippen molar-refractivity contribution in [1.29, 1.82) is 0 Å². The molecule has 0 N–H and O–H groups in total. The van der Waals surface area contributed by atoms with E-state index in [1.807, 2.05) is 66.7 Å². The molecule has 6 heteroatoms. The predicted octanol–water partition coefficient (Wildman–Crippen LogP) is 6.89. The Hall–Kier alpha value is -2.49. The summed E-state index contributed by atoms with van der Waals surface area (Å²) in [6, 6.07) is 30.4. The van der Waals surface area contributed by atoms with Gasteiger partial charge in [0.1, 0.15) is 0 Å². The zero-order valence-electron chi connectivity index (χ0n) is 15.1. The topological polar surface area (TPSA) is 38.7 Å². The SMILES string of the molecule is [Cl][Fe][Cl].c1cc(-c2ccc3ccccc3n2)nc(-c2ccc3ccccc3n2)c1. The molecule has 5 aromatic rings. The number of hydrogen-bond acceptors (Lipinski definition) is 3. The van der Waals surface area contributed by atoms with Crippen molar-refractivity contribution in [1.82, 2.24) is 15.0 Å². The van der Waals surface area contributed by atoms with Gasteiger partial charge in [-0.1, -0.05) is 54.6 Å². The van der Waals surface area contributed by atoms with E-state index in [9.17, 15) is 0 Å². The number of para-hydroxylation sites is 2. The third kappa shape index (κ3) is 4.58. The molecule has 0 aliphatic carbocycles. The molecule has 3 nitrogen and oxygen atoms in total. The van der Waals surface area contributed by atoms with Gasteiger partial charge in [0, 0.05) is 10.8 Å². The van der Waals surface area contributed by atoms with Gasteiger partial charge in [-0.3, -0.25) is 0 Å². The van der Waals surface area contributed by atoms with E-state index in [1.54, 1.807) is 0 Å². The van der Waals surface area contributed by atoms with Gasteiger partial charge in [-0.05, 0) is 36.4 Å². The van der Waals surface area contributed by atoms with Gasteiger partial charge in [0.25, 0.3) is 0 Å². The minimum atomic E-state index is 0.194. The quantitative estimate of drug-likeness (QED) is 0.270. The fourth-order valence-corrected chi connectivity index (χ4v) is 3.14. The molecule has 5 rings (SSSR count). The molecule has 2 aromatic carbocycles. The van der Waals surface area contributed by atoms with Gasteiger partial charge in [0.15, 0.2) is 0 Å². The summed E-state index contributed by atoms with van der Waals surface area (Å²) in [6.45, 7) is 0. The Morgan fingerprint density at radius 1 is 0.448 bits per heavy atom. The first kappa shape index (κ1) is 19.8. The van der Waals surface area contributed by atoms with Gasteiger partial charge >= 0.3 is 33.3 Å². The molecule has 0 unspecified atom stereocenters. The standard InChI is InChI=1S/C23H15N3.2ClH.Fe/c1-3-8-18-16(6-1)12-14-22(24-18)20-10-5-11-21(26-20)23-15-13-17-7-2-4-9-19(17)25-23;;;/h1-15H;2*1H;/q;;;+2/p-2. The largest absolute Gasteiger partial charge is 0.246 e. The Kier molecular flexibility index (Phi) is 6.38. The number of aromatic nitrogens is 3. The molecule has 0 radical (unpaired) electrons.